The van der Waals surface area contributed by atoms with E-state index in [1.807, 2.05) is 60.7 Å². The fraction of sp³-hybridized carbons (Fsp3) is 0. The molecule has 0 radical (unpaired) electrons. The average Bonchev–Trinajstić information content (AvgIpc) is 3.61. The van der Waals surface area contributed by atoms with Crippen LogP contribution in [0, 0.1) is 0 Å². The highest BCUT2D eigenvalue weighted by Gasteiger charge is 2.22. The first-order valence-electron chi connectivity index (χ1n) is 14.0. The summed E-state index contributed by atoms with van der Waals surface area (Å²) in [5.41, 5.74) is 8.35. The van der Waals surface area contributed by atoms with Crippen LogP contribution in [0.2, 0.25) is 0 Å². The molecule has 2 aliphatic heterocycles. The lowest BCUT2D eigenvalue weighted by molar-refractivity contribution is 0.653. The summed E-state index contributed by atoms with van der Waals surface area (Å²) in [5, 5.41) is 4.16. The molecular formula is C37H22N4O. The zero-order chi connectivity index (χ0) is 27.6. The van der Waals surface area contributed by atoms with Crippen LogP contribution in [0.1, 0.15) is 0 Å². The monoisotopic (exact) mass is 538 g/mol. The molecule has 42 heavy (non-hydrogen) atoms. The zero-order valence-corrected chi connectivity index (χ0v) is 22.4. The van der Waals surface area contributed by atoms with E-state index in [9.17, 15) is 0 Å². The first-order chi connectivity index (χ1) is 20.8. The molecule has 0 fully saturated rings. The Morgan fingerprint density at radius 3 is 2.17 bits per heavy atom. The normalized spacial score (nSPS) is 11.8. The number of aromatic nitrogens is 4. The fourth-order valence-electron chi connectivity index (χ4n) is 6.07. The fourth-order valence-corrected chi connectivity index (χ4v) is 6.07. The lowest BCUT2D eigenvalue weighted by Gasteiger charge is -2.16. The largest absolute Gasteiger partial charge is 0.438 e. The number of benzene rings is 5. The van der Waals surface area contributed by atoms with Gasteiger partial charge in [0.25, 0.3) is 0 Å². The summed E-state index contributed by atoms with van der Waals surface area (Å²) in [5.74, 6) is 1.56. The summed E-state index contributed by atoms with van der Waals surface area (Å²) < 4.78 is 8.67. The Kier molecular flexibility index (Phi) is 4.83. The van der Waals surface area contributed by atoms with Gasteiger partial charge in [0.2, 0.25) is 5.71 Å². The van der Waals surface area contributed by atoms with E-state index in [2.05, 4.69) is 77.4 Å². The van der Waals surface area contributed by atoms with Crippen molar-refractivity contribution in [3.8, 4) is 39.7 Å². The number of para-hydroxylation sites is 2. The van der Waals surface area contributed by atoms with Crippen LogP contribution in [-0.4, -0.2) is 19.5 Å². The number of pyridine rings is 1. The Hall–Kier alpha value is -5.81. The molecule has 5 aromatic carbocycles. The quantitative estimate of drug-likeness (QED) is 0.225. The van der Waals surface area contributed by atoms with Crippen molar-refractivity contribution in [3.05, 3.63) is 133 Å². The summed E-state index contributed by atoms with van der Waals surface area (Å²) in [4.78, 5) is 15.1. The first-order valence-corrected chi connectivity index (χ1v) is 14.0. The molecule has 9 rings (SSSR count). The van der Waals surface area contributed by atoms with Crippen LogP contribution in [-0.2, 0) is 0 Å². The summed E-state index contributed by atoms with van der Waals surface area (Å²) in [6.45, 7) is 0. The van der Waals surface area contributed by atoms with E-state index in [1.165, 1.54) is 0 Å². The van der Waals surface area contributed by atoms with Crippen LogP contribution in [0.5, 0.6) is 0 Å². The molecule has 5 heteroatoms. The number of furan rings is 1. The molecule has 0 bridgehead atoms. The van der Waals surface area contributed by atoms with Crippen molar-refractivity contribution < 1.29 is 4.42 Å². The Balaban J connectivity index is 1.36. The highest BCUT2D eigenvalue weighted by atomic mass is 16.3. The van der Waals surface area contributed by atoms with Gasteiger partial charge < -0.3 is 4.42 Å². The number of fused-ring (bicyclic) bond motifs is 7. The zero-order valence-electron chi connectivity index (χ0n) is 22.4. The van der Waals surface area contributed by atoms with Crippen LogP contribution < -0.4 is 0 Å². The number of hydrogen-bond acceptors (Lipinski definition) is 4. The van der Waals surface area contributed by atoms with Gasteiger partial charge >= 0.3 is 0 Å². The Labute approximate surface area is 240 Å². The van der Waals surface area contributed by atoms with Crippen molar-refractivity contribution in [1.29, 1.82) is 0 Å². The van der Waals surface area contributed by atoms with Crippen LogP contribution in [0.4, 0.5) is 0 Å². The van der Waals surface area contributed by atoms with Gasteiger partial charge in [0.1, 0.15) is 11.4 Å². The van der Waals surface area contributed by atoms with Gasteiger partial charge in [0.15, 0.2) is 5.82 Å². The molecule has 0 saturated carbocycles. The first kappa shape index (κ1) is 22.9. The second-order valence-corrected chi connectivity index (χ2v) is 10.5. The molecule has 0 spiro atoms. The summed E-state index contributed by atoms with van der Waals surface area (Å²) in [7, 11) is 0. The molecular weight excluding hydrogens is 516 g/mol. The second kappa shape index (κ2) is 8.85. The second-order valence-electron chi connectivity index (χ2n) is 10.5. The minimum absolute atomic E-state index is 0.570. The standard InChI is InChI=1S/C37H22N4O/c1-3-11-23(12-4-1)34-33-29-22-26(19-20-32(29)42-37(33)40-35(39-34)24-13-5-2-6-14-24)41-31-18-10-7-15-25(31)21-28-27-16-8-9-17-30(27)38-36(28)41/h1-22H. The van der Waals surface area contributed by atoms with Crippen molar-refractivity contribution in [3.63, 3.8) is 0 Å². The highest BCUT2D eigenvalue weighted by molar-refractivity contribution is 6.11. The van der Waals surface area contributed by atoms with Crippen molar-refractivity contribution in [2.75, 3.05) is 0 Å². The van der Waals surface area contributed by atoms with Crippen molar-refractivity contribution in [2.45, 2.75) is 0 Å². The predicted molar refractivity (Wildman–Crippen MR) is 169 cm³/mol. The molecule has 0 saturated heterocycles. The van der Waals surface area contributed by atoms with Crippen LogP contribution in [0.3, 0.4) is 0 Å². The van der Waals surface area contributed by atoms with Gasteiger partial charge in [-0.1, -0.05) is 97.1 Å². The van der Waals surface area contributed by atoms with Crippen LogP contribution in [0.15, 0.2) is 138 Å². The van der Waals surface area contributed by atoms with E-state index in [1.54, 1.807) is 0 Å². The van der Waals surface area contributed by atoms with Gasteiger partial charge in [-0.15, -0.1) is 0 Å². The Morgan fingerprint density at radius 2 is 1.31 bits per heavy atom. The summed E-state index contributed by atoms with van der Waals surface area (Å²) in [6.07, 6.45) is 0. The van der Waals surface area contributed by atoms with Crippen molar-refractivity contribution in [1.82, 2.24) is 19.5 Å². The Morgan fingerprint density at radius 1 is 0.571 bits per heavy atom. The third-order valence-electron chi connectivity index (χ3n) is 8.00. The molecule has 4 heterocycles. The maximum atomic E-state index is 6.41. The molecule has 7 aromatic rings. The van der Waals surface area contributed by atoms with Crippen molar-refractivity contribution in [2.24, 2.45) is 0 Å². The van der Waals surface area contributed by atoms with E-state index >= 15 is 0 Å². The number of nitrogens with zero attached hydrogens (tertiary/aromatic N) is 4. The van der Waals surface area contributed by atoms with E-state index < -0.39 is 0 Å². The number of hydrogen-bond donors (Lipinski definition) is 0. The molecule has 0 amide bonds. The van der Waals surface area contributed by atoms with Gasteiger partial charge in [-0.2, -0.15) is 4.98 Å². The van der Waals surface area contributed by atoms with Gasteiger partial charge in [0, 0.05) is 33.2 Å². The van der Waals surface area contributed by atoms with Gasteiger partial charge in [0.05, 0.1) is 22.1 Å². The van der Waals surface area contributed by atoms with E-state index in [0.717, 1.165) is 72.1 Å². The predicted octanol–water partition coefficient (Wildman–Crippen LogP) is 9.31. The molecule has 0 N–H and O–H groups in total. The maximum Gasteiger partial charge on any atom is 0.231 e. The van der Waals surface area contributed by atoms with E-state index in [-0.39, 0.29) is 0 Å². The van der Waals surface area contributed by atoms with Crippen LogP contribution >= 0.6 is 0 Å². The lowest BCUT2D eigenvalue weighted by atomic mass is 10.0. The van der Waals surface area contributed by atoms with Gasteiger partial charge in [-0.05, 0) is 41.8 Å². The minimum Gasteiger partial charge on any atom is -0.438 e. The lowest BCUT2D eigenvalue weighted by Crippen LogP contribution is -2.03. The summed E-state index contributed by atoms with van der Waals surface area (Å²) >= 11 is 0. The number of rotatable bonds is 3. The molecule has 2 aliphatic rings. The van der Waals surface area contributed by atoms with E-state index in [4.69, 9.17) is 19.4 Å². The minimum atomic E-state index is 0.570. The highest BCUT2D eigenvalue weighted by Crippen LogP contribution is 2.40. The molecule has 2 aromatic heterocycles. The molecule has 0 unspecified atom stereocenters. The molecule has 0 aliphatic carbocycles. The molecule has 5 nitrogen and oxygen atoms in total. The third kappa shape index (κ3) is 3.40. The summed E-state index contributed by atoms with van der Waals surface area (Å²) in [6, 6.07) is 45.7. The molecule has 0 atom stereocenters. The van der Waals surface area contributed by atoms with Gasteiger partial charge in [-0.25, -0.2) is 9.97 Å². The average molecular weight is 539 g/mol. The topological polar surface area (TPSA) is 56.7 Å². The molecule has 196 valence electrons. The SMILES string of the molecule is c1ccc(-c2nc(-c3ccccc3)c3c(n2)oc2ccc(-n4c5nc6ccccc6c-5cc5ccccc54)cc23)cc1. The third-order valence-corrected chi connectivity index (χ3v) is 8.00. The smallest absolute Gasteiger partial charge is 0.231 e. The van der Waals surface area contributed by atoms with E-state index in [0.29, 0.717) is 11.5 Å². The Bertz CT molecular complexity index is 2410. The van der Waals surface area contributed by atoms with Gasteiger partial charge in [-0.3, -0.25) is 4.57 Å². The maximum absolute atomic E-state index is 6.41. The van der Waals surface area contributed by atoms with Crippen molar-refractivity contribution >= 4 is 43.9 Å². The van der Waals surface area contributed by atoms with Crippen LogP contribution in [0.25, 0.3) is 83.6 Å².